The Bertz CT molecular complexity index is 1910. The number of fused-ring (bicyclic) bond motifs is 2. The highest BCUT2D eigenvalue weighted by Crippen LogP contribution is 2.38. The first kappa shape index (κ1) is 28.0. The van der Waals surface area contributed by atoms with Crippen LogP contribution in [0.5, 0.6) is 28.9 Å². The van der Waals surface area contributed by atoms with Crippen LogP contribution in [0.1, 0.15) is 34.5 Å². The van der Waals surface area contributed by atoms with Crippen LogP contribution in [0.3, 0.4) is 0 Å². The summed E-state index contributed by atoms with van der Waals surface area (Å²) >= 11 is 0. The van der Waals surface area contributed by atoms with Crippen LogP contribution < -0.4 is 24.5 Å². The van der Waals surface area contributed by atoms with E-state index in [1.165, 1.54) is 31.3 Å². The molecule has 0 aliphatic carbocycles. The summed E-state index contributed by atoms with van der Waals surface area (Å²) in [6.07, 6.45) is 3.59. The number of para-hydroxylation sites is 1. The number of ketones is 1. The molecule has 0 N–H and O–H groups in total. The van der Waals surface area contributed by atoms with Crippen molar-refractivity contribution in [3.63, 3.8) is 0 Å². The lowest BCUT2D eigenvalue weighted by Gasteiger charge is -2.19. The minimum atomic E-state index is -0.524. The Kier molecular flexibility index (Phi) is 7.54. The van der Waals surface area contributed by atoms with Gasteiger partial charge in [0.25, 0.3) is 5.56 Å². The van der Waals surface area contributed by atoms with Crippen molar-refractivity contribution in [2.24, 2.45) is 0 Å². The number of hydrogen-bond acceptors (Lipinski definition) is 8. The number of ether oxygens (including phenoxy) is 4. The summed E-state index contributed by atoms with van der Waals surface area (Å²) in [5.41, 5.74) is 1.58. The van der Waals surface area contributed by atoms with E-state index in [9.17, 15) is 14.0 Å². The summed E-state index contributed by atoms with van der Waals surface area (Å²) in [6, 6.07) is 14.7. The first-order chi connectivity index (χ1) is 20.9. The second-order valence-corrected chi connectivity index (χ2v) is 10.1. The van der Waals surface area contributed by atoms with E-state index in [0.717, 1.165) is 12.8 Å². The molecule has 1 aliphatic heterocycles. The molecule has 0 fully saturated rings. The molecule has 2 aromatic heterocycles. The molecule has 0 unspecified atom stereocenters. The van der Waals surface area contributed by atoms with Gasteiger partial charge in [-0.05, 0) is 55.2 Å². The molecule has 5 aromatic rings. The predicted octanol–water partition coefficient (Wildman–Crippen LogP) is 5.30. The van der Waals surface area contributed by atoms with Gasteiger partial charge in [0, 0.05) is 19.0 Å². The lowest BCUT2D eigenvalue weighted by Crippen LogP contribution is -2.25. The summed E-state index contributed by atoms with van der Waals surface area (Å²) < 4.78 is 40.3. The van der Waals surface area contributed by atoms with Crippen LogP contribution >= 0.6 is 0 Å². The van der Waals surface area contributed by atoms with E-state index in [0.29, 0.717) is 58.1 Å². The van der Waals surface area contributed by atoms with Crippen LogP contribution in [0, 0.1) is 5.82 Å². The Morgan fingerprint density at radius 2 is 1.65 bits per heavy atom. The van der Waals surface area contributed by atoms with Gasteiger partial charge < -0.3 is 18.9 Å². The maximum atomic E-state index is 14.7. The quantitative estimate of drug-likeness (QED) is 0.215. The second-order valence-electron chi connectivity index (χ2n) is 10.1. The Hall–Kier alpha value is -5.19. The largest absolute Gasteiger partial charge is 0.493 e. The Balaban J connectivity index is 1.31. The van der Waals surface area contributed by atoms with Gasteiger partial charge in [0.2, 0.25) is 5.88 Å². The standard InChI is InChI=1S/C32H29FN4O6/c1-40-27-15-19(11-12-26(27)43-31-20-16-28(41-2)29(42-3)17-22(20)34-18-35-31)14-25(38)30-24-10-6-7-13-36(24)37(32(30)39)23-9-5-4-8-21(23)33/h4-5,8-9,11-12,15-18H,6-7,10,13-14H2,1-3H3. The van der Waals surface area contributed by atoms with Crippen LogP contribution in [-0.4, -0.2) is 46.4 Å². The number of carbonyl (C=O) groups is 1. The molecule has 0 bridgehead atoms. The summed E-state index contributed by atoms with van der Waals surface area (Å²) in [5, 5.41) is 0.603. The minimum absolute atomic E-state index is 0.0480. The third-order valence-electron chi connectivity index (χ3n) is 7.54. The molecule has 10 nitrogen and oxygen atoms in total. The number of Topliss-reactive ketones (excluding diaryl/α,β-unsaturated/α-hetero) is 1. The van der Waals surface area contributed by atoms with Crippen LogP contribution in [-0.2, 0) is 19.4 Å². The molecular formula is C32H29FN4O6. The average Bonchev–Trinajstić information content (AvgIpc) is 3.32. The van der Waals surface area contributed by atoms with Crippen LogP contribution in [0.4, 0.5) is 4.39 Å². The van der Waals surface area contributed by atoms with Gasteiger partial charge in [-0.2, -0.15) is 0 Å². The van der Waals surface area contributed by atoms with Crippen molar-refractivity contribution < 1.29 is 28.1 Å². The molecule has 1 aliphatic rings. The van der Waals surface area contributed by atoms with Crippen LogP contribution in [0.2, 0.25) is 0 Å². The molecular weight excluding hydrogens is 555 g/mol. The van der Waals surface area contributed by atoms with Gasteiger partial charge >= 0.3 is 0 Å². The number of methoxy groups -OCH3 is 3. The molecule has 0 amide bonds. The highest BCUT2D eigenvalue weighted by atomic mass is 19.1. The smallest absolute Gasteiger partial charge is 0.282 e. The number of rotatable bonds is 9. The van der Waals surface area contributed by atoms with Crippen molar-refractivity contribution in [2.75, 3.05) is 21.3 Å². The van der Waals surface area contributed by atoms with E-state index in [1.807, 2.05) is 0 Å². The Morgan fingerprint density at radius 3 is 2.42 bits per heavy atom. The number of halogens is 1. The molecule has 3 heterocycles. The molecule has 220 valence electrons. The monoisotopic (exact) mass is 584 g/mol. The Morgan fingerprint density at radius 1 is 0.907 bits per heavy atom. The fraction of sp³-hybridized carbons (Fsp3) is 0.250. The normalized spacial score (nSPS) is 12.6. The summed E-state index contributed by atoms with van der Waals surface area (Å²) in [6.45, 7) is 0.530. The van der Waals surface area contributed by atoms with E-state index < -0.39 is 11.4 Å². The zero-order chi connectivity index (χ0) is 30.1. The Labute approximate surface area is 246 Å². The third kappa shape index (κ3) is 5.07. The lowest BCUT2D eigenvalue weighted by atomic mass is 9.99. The number of carbonyl (C=O) groups excluding carboxylic acids is 1. The molecule has 0 radical (unpaired) electrons. The fourth-order valence-corrected chi connectivity index (χ4v) is 5.50. The maximum Gasteiger partial charge on any atom is 0.282 e. The zero-order valence-electron chi connectivity index (χ0n) is 23.9. The highest BCUT2D eigenvalue weighted by Gasteiger charge is 2.28. The first-order valence-electron chi connectivity index (χ1n) is 13.8. The van der Waals surface area contributed by atoms with Crippen molar-refractivity contribution >= 4 is 16.7 Å². The average molecular weight is 585 g/mol. The number of hydrogen-bond donors (Lipinski definition) is 0. The van der Waals surface area contributed by atoms with E-state index in [-0.39, 0.29) is 29.3 Å². The molecule has 0 saturated carbocycles. The molecule has 0 atom stereocenters. The third-order valence-corrected chi connectivity index (χ3v) is 7.54. The van der Waals surface area contributed by atoms with Gasteiger partial charge in [0.05, 0.1) is 37.9 Å². The van der Waals surface area contributed by atoms with E-state index >= 15 is 0 Å². The van der Waals surface area contributed by atoms with Crippen molar-refractivity contribution in [3.05, 3.63) is 93.9 Å². The van der Waals surface area contributed by atoms with Gasteiger partial charge in [0.1, 0.15) is 23.4 Å². The molecule has 3 aromatic carbocycles. The van der Waals surface area contributed by atoms with Gasteiger partial charge in [-0.25, -0.2) is 19.0 Å². The molecule has 0 spiro atoms. The topological polar surface area (TPSA) is 107 Å². The van der Waals surface area contributed by atoms with Crippen molar-refractivity contribution in [3.8, 4) is 34.6 Å². The lowest BCUT2D eigenvalue weighted by molar-refractivity contribution is 0.0990. The fourth-order valence-electron chi connectivity index (χ4n) is 5.50. The molecule has 6 rings (SSSR count). The van der Waals surface area contributed by atoms with Crippen molar-refractivity contribution in [1.82, 2.24) is 19.3 Å². The predicted molar refractivity (Wildman–Crippen MR) is 157 cm³/mol. The van der Waals surface area contributed by atoms with E-state index in [4.69, 9.17) is 18.9 Å². The number of benzene rings is 3. The number of nitrogens with zero attached hydrogens (tertiary/aromatic N) is 4. The van der Waals surface area contributed by atoms with Crippen molar-refractivity contribution in [2.45, 2.75) is 32.2 Å². The second kappa shape index (κ2) is 11.6. The molecule has 11 heteroatoms. The molecule has 0 saturated heterocycles. The van der Waals surface area contributed by atoms with Gasteiger partial charge in [0.15, 0.2) is 28.8 Å². The summed E-state index contributed by atoms with van der Waals surface area (Å²) in [7, 11) is 4.58. The van der Waals surface area contributed by atoms with Crippen LogP contribution in [0.25, 0.3) is 16.6 Å². The molecule has 43 heavy (non-hydrogen) atoms. The van der Waals surface area contributed by atoms with E-state index in [1.54, 1.807) is 60.3 Å². The summed E-state index contributed by atoms with van der Waals surface area (Å²) in [5.74, 6) is 1.18. The van der Waals surface area contributed by atoms with Gasteiger partial charge in [-0.3, -0.25) is 14.3 Å². The maximum absolute atomic E-state index is 14.7. The summed E-state index contributed by atoms with van der Waals surface area (Å²) in [4.78, 5) is 35.8. The van der Waals surface area contributed by atoms with Gasteiger partial charge in [-0.15, -0.1) is 0 Å². The van der Waals surface area contributed by atoms with Crippen molar-refractivity contribution in [1.29, 1.82) is 0 Å². The van der Waals surface area contributed by atoms with E-state index in [2.05, 4.69) is 9.97 Å². The first-order valence-corrected chi connectivity index (χ1v) is 13.8. The number of aromatic nitrogens is 4. The van der Waals surface area contributed by atoms with Gasteiger partial charge in [-0.1, -0.05) is 18.2 Å². The highest BCUT2D eigenvalue weighted by molar-refractivity contribution is 5.98. The SMILES string of the molecule is COc1cc2ncnc(Oc3ccc(CC(=O)c4c5n(n(-c6ccccc6F)c4=O)CCCC5)cc3OC)c2cc1OC. The van der Waals surface area contributed by atoms with Crippen LogP contribution in [0.15, 0.2) is 65.7 Å². The zero-order valence-corrected chi connectivity index (χ0v) is 23.9. The minimum Gasteiger partial charge on any atom is -0.493 e.